The molecule has 1 atom stereocenters. The molecule has 0 radical (unpaired) electrons. The Labute approximate surface area is 135 Å². The van der Waals surface area contributed by atoms with Crippen LogP contribution >= 0.6 is 0 Å². The van der Waals surface area contributed by atoms with Gasteiger partial charge < -0.3 is 5.41 Å². The minimum Gasteiger partial charge on any atom is -0.308 e. The molecule has 0 aliphatic heterocycles. The second-order valence-corrected chi connectivity index (χ2v) is 8.57. The standard InChI is InChI=1S/C15H21FN2O4S/c1-5-14(17)15(3,4)23(21,22)9-10(2)12-8-11(18(19)20)6-7-13(12)16/h6-8,10,17H,5,9H2,1-4H3/t10-/m1/s1. The summed E-state index contributed by atoms with van der Waals surface area (Å²) in [4.78, 5) is 10.1. The van der Waals surface area contributed by atoms with Crippen molar-refractivity contribution in [1.29, 1.82) is 5.41 Å². The van der Waals surface area contributed by atoms with E-state index in [1.165, 1.54) is 20.8 Å². The van der Waals surface area contributed by atoms with E-state index < -0.39 is 31.2 Å². The molecule has 0 heterocycles. The number of benzene rings is 1. The number of halogens is 1. The van der Waals surface area contributed by atoms with Gasteiger partial charge in [0.25, 0.3) is 5.69 Å². The summed E-state index contributed by atoms with van der Waals surface area (Å²) < 4.78 is 37.7. The van der Waals surface area contributed by atoms with Gasteiger partial charge in [0.1, 0.15) is 10.6 Å². The first-order valence-corrected chi connectivity index (χ1v) is 8.83. The van der Waals surface area contributed by atoms with E-state index in [1.54, 1.807) is 6.92 Å². The van der Waals surface area contributed by atoms with Gasteiger partial charge in [0.2, 0.25) is 0 Å². The highest BCUT2D eigenvalue weighted by Crippen LogP contribution is 2.29. The third-order valence-electron chi connectivity index (χ3n) is 4.05. The summed E-state index contributed by atoms with van der Waals surface area (Å²) in [7, 11) is -3.73. The molecule has 0 bridgehead atoms. The van der Waals surface area contributed by atoms with Gasteiger partial charge in [0.15, 0.2) is 9.84 Å². The maximum Gasteiger partial charge on any atom is 0.269 e. The molecule has 1 aromatic carbocycles. The van der Waals surface area contributed by atoms with Crippen LogP contribution in [-0.4, -0.2) is 29.6 Å². The first kappa shape index (κ1) is 19.2. The van der Waals surface area contributed by atoms with Crippen molar-refractivity contribution in [1.82, 2.24) is 0 Å². The predicted molar refractivity (Wildman–Crippen MR) is 87.4 cm³/mol. The van der Waals surface area contributed by atoms with Gasteiger partial charge in [-0.25, -0.2) is 12.8 Å². The number of hydrogen-bond donors (Lipinski definition) is 1. The summed E-state index contributed by atoms with van der Waals surface area (Å²) in [6, 6.07) is 3.07. The molecule has 0 fully saturated rings. The number of sulfone groups is 1. The van der Waals surface area contributed by atoms with Crippen LogP contribution in [0.5, 0.6) is 0 Å². The maximum absolute atomic E-state index is 13.9. The second-order valence-electron chi connectivity index (χ2n) is 5.99. The van der Waals surface area contributed by atoms with E-state index in [0.717, 1.165) is 18.2 Å². The molecule has 0 aliphatic carbocycles. The highest BCUT2D eigenvalue weighted by molar-refractivity contribution is 7.93. The van der Waals surface area contributed by atoms with E-state index in [9.17, 15) is 22.9 Å². The molecule has 1 aromatic rings. The van der Waals surface area contributed by atoms with Crippen LogP contribution < -0.4 is 0 Å². The van der Waals surface area contributed by atoms with Crippen LogP contribution in [0.4, 0.5) is 10.1 Å². The van der Waals surface area contributed by atoms with Gasteiger partial charge in [-0.2, -0.15) is 0 Å². The highest BCUT2D eigenvalue weighted by Gasteiger charge is 2.39. The Balaban J connectivity index is 3.17. The lowest BCUT2D eigenvalue weighted by Gasteiger charge is -2.27. The van der Waals surface area contributed by atoms with Gasteiger partial charge in [-0.15, -0.1) is 0 Å². The molecule has 6 nitrogen and oxygen atoms in total. The minimum absolute atomic E-state index is 0.0124. The molecule has 0 unspecified atom stereocenters. The first-order valence-electron chi connectivity index (χ1n) is 7.18. The largest absolute Gasteiger partial charge is 0.308 e. The average molecular weight is 344 g/mol. The summed E-state index contributed by atoms with van der Waals surface area (Å²) in [5.74, 6) is -1.83. The second kappa shape index (κ2) is 6.74. The summed E-state index contributed by atoms with van der Waals surface area (Å²) in [5, 5.41) is 18.6. The highest BCUT2D eigenvalue weighted by atomic mass is 32.2. The summed E-state index contributed by atoms with van der Waals surface area (Å²) in [6.45, 7) is 6.10. The Kier molecular flexibility index (Phi) is 5.63. The third kappa shape index (κ3) is 3.93. The van der Waals surface area contributed by atoms with Crippen molar-refractivity contribution in [2.45, 2.75) is 44.8 Å². The molecule has 0 spiro atoms. The molecule has 0 aromatic heterocycles. The van der Waals surface area contributed by atoms with Crippen LogP contribution in [-0.2, 0) is 9.84 Å². The van der Waals surface area contributed by atoms with Crippen LogP contribution in [0.15, 0.2) is 18.2 Å². The lowest BCUT2D eigenvalue weighted by molar-refractivity contribution is -0.385. The van der Waals surface area contributed by atoms with Crippen molar-refractivity contribution >= 4 is 21.2 Å². The van der Waals surface area contributed by atoms with Crippen molar-refractivity contribution in [3.05, 3.63) is 39.7 Å². The number of nitro benzene ring substituents is 1. The minimum atomic E-state index is -3.73. The number of nitro groups is 1. The van der Waals surface area contributed by atoms with E-state index >= 15 is 0 Å². The Bertz CT molecular complexity index is 729. The van der Waals surface area contributed by atoms with Crippen LogP contribution in [0.3, 0.4) is 0 Å². The molecule has 1 rings (SSSR count). The molecule has 0 aliphatic rings. The van der Waals surface area contributed by atoms with E-state index in [0.29, 0.717) is 6.42 Å². The normalized spacial score (nSPS) is 13.6. The van der Waals surface area contributed by atoms with Gasteiger partial charge in [0, 0.05) is 17.8 Å². The molecule has 0 saturated carbocycles. The number of hydrogen-bond acceptors (Lipinski definition) is 5. The zero-order valence-corrected chi connectivity index (χ0v) is 14.4. The maximum atomic E-state index is 13.9. The third-order valence-corrected chi connectivity index (χ3v) is 6.79. The van der Waals surface area contributed by atoms with Gasteiger partial charge in [-0.1, -0.05) is 13.8 Å². The fraction of sp³-hybridized carbons (Fsp3) is 0.533. The van der Waals surface area contributed by atoms with Crippen LogP contribution in [0.1, 0.15) is 45.6 Å². The Hall–Kier alpha value is -1.83. The molecular weight excluding hydrogens is 323 g/mol. The molecule has 1 N–H and O–H groups in total. The predicted octanol–water partition coefficient (Wildman–Crippen LogP) is 3.46. The Morgan fingerprint density at radius 3 is 2.48 bits per heavy atom. The Morgan fingerprint density at radius 2 is 2.00 bits per heavy atom. The molecule has 8 heteroatoms. The zero-order valence-electron chi connectivity index (χ0n) is 13.6. The van der Waals surface area contributed by atoms with Gasteiger partial charge in [-0.3, -0.25) is 10.1 Å². The van der Waals surface area contributed by atoms with Crippen LogP contribution in [0.25, 0.3) is 0 Å². The van der Waals surface area contributed by atoms with Crippen molar-refractivity contribution in [2.75, 3.05) is 5.75 Å². The van der Waals surface area contributed by atoms with E-state index in [4.69, 9.17) is 5.41 Å². The van der Waals surface area contributed by atoms with Crippen LogP contribution in [0, 0.1) is 21.3 Å². The van der Waals surface area contributed by atoms with Gasteiger partial charge in [0.05, 0.1) is 10.7 Å². The van der Waals surface area contributed by atoms with Crippen molar-refractivity contribution in [2.24, 2.45) is 0 Å². The number of nitrogens with zero attached hydrogens (tertiary/aromatic N) is 1. The summed E-state index contributed by atoms with van der Waals surface area (Å²) >= 11 is 0. The lowest BCUT2D eigenvalue weighted by atomic mass is 10.0. The molecule has 0 saturated heterocycles. The van der Waals surface area contributed by atoms with Crippen molar-refractivity contribution in [3.8, 4) is 0 Å². The van der Waals surface area contributed by atoms with Gasteiger partial charge in [-0.05, 0) is 37.8 Å². The average Bonchev–Trinajstić information content (AvgIpc) is 2.45. The van der Waals surface area contributed by atoms with Crippen molar-refractivity contribution in [3.63, 3.8) is 0 Å². The summed E-state index contributed by atoms with van der Waals surface area (Å²) in [5.41, 5.74) is -0.225. The molecule has 0 amide bonds. The number of rotatable bonds is 7. The summed E-state index contributed by atoms with van der Waals surface area (Å²) in [6.07, 6.45) is 0.297. The lowest BCUT2D eigenvalue weighted by Crippen LogP contribution is -2.42. The smallest absolute Gasteiger partial charge is 0.269 e. The molecule has 128 valence electrons. The first-order chi connectivity index (χ1) is 10.4. The topological polar surface area (TPSA) is 101 Å². The zero-order chi connectivity index (χ0) is 18.0. The molecule has 23 heavy (non-hydrogen) atoms. The number of nitrogens with one attached hydrogen (secondary N) is 1. The quantitative estimate of drug-likeness (QED) is 0.465. The van der Waals surface area contributed by atoms with Crippen molar-refractivity contribution < 1.29 is 17.7 Å². The van der Waals surface area contributed by atoms with E-state index in [2.05, 4.69) is 0 Å². The van der Waals surface area contributed by atoms with Crippen LogP contribution in [0.2, 0.25) is 0 Å². The molecular formula is C15H21FN2O4S. The SMILES string of the molecule is CCC(=N)C(C)(C)S(=O)(=O)C[C@@H](C)c1cc([N+](=O)[O-])ccc1F. The monoisotopic (exact) mass is 344 g/mol. The fourth-order valence-electron chi connectivity index (χ4n) is 2.26. The fourth-order valence-corrected chi connectivity index (χ4v) is 4.04. The van der Waals surface area contributed by atoms with E-state index in [1.807, 2.05) is 0 Å². The van der Waals surface area contributed by atoms with E-state index in [-0.39, 0.29) is 22.7 Å². The van der Waals surface area contributed by atoms with Gasteiger partial charge >= 0.3 is 0 Å². The number of non-ortho nitro benzene ring substituents is 1. The Morgan fingerprint density at radius 1 is 1.43 bits per heavy atom.